The largest absolute Gasteiger partial charge is 0.391 e. The predicted molar refractivity (Wildman–Crippen MR) is 68.1 cm³/mol. The van der Waals surface area contributed by atoms with Gasteiger partial charge in [-0.3, -0.25) is 9.89 Å². The Morgan fingerprint density at radius 1 is 1.44 bits per heavy atom. The number of aromatic amines is 1. The Hall–Kier alpha value is -1.56. The van der Waals surface area contributed by atoms with Gasteiger partial charge in [0.25, 0.3) is 5.91 Å². The molecule has 1 aliphatic carbocycles. The quantitative estimate of drug-likeness (QED) is 0.582. The van der Waals surface area contributed by atoms with Crippen LogP contribution in [-0.2, 0) is 0 Å². The van der Waals surface area contributed by atoms with E-state index >= 15 is 0 Å². The van der Waals surface area contributed by atoms with Crippen LogP contribution in [0.5, 0.6) is 0 Å². The fourth-order valence-corrected chi connectivity index (χ4v) is 2.43. The minimum Gasteiger partial charge on any atom is -0.391 e. The highest BCUT2D eigenvalue weighted by molar-refractivity contribution is 5.99. The Bertz CT molecular complexity index is 410. The van der Waals surface area contributed by atoms with Gasteiger partial charge in [-0.1, -0.05) is 19.3 Å². The number of nitrogens with one attached hydrogen (secondary N) is 2. The molecule has 6 nitrogen and oxygen atoms in total. The molecule has 2 unspecified atom stereocenters. The number of hydrogen-bond acceptors (Lipinski definition) is 4. The first-order chi connectivity index (χ1) is 8.59. The average Bonchev–Trinajstić information content (AvgIpc) is 2.53. The van der Waals surface area contributed by atoms with Gasteiger partial charge in [0.2, 0.25) is 0 Å². The number of H-pyrrole nitrogens is 1. The number of rotatable bonds is 2. The molecule has 0 radical (unpaired) electrons. The van der Waals surface area contributed by atoms with E-state index in [-0.39, 0.29) is 17.8 Å². The molecule has 0 saturated heterocycles. The summed E-state index contributed by atoms with van der Waals surface area (Å²) in [4.78, 5) is 12.1. The fraction of sp³-hybridized carbons (Fsp3) is 0.667. The van der Waals surface area contributed by atoms with Crippen LogP contribution in [0.1, 0.15) is 48.2 Å². The number of nitrogen functional groups attached to an aromatic ring is 1. The van der Waals surface area contributed by atoms with Crippen LogP contribution in [0.4, 0.5) is 5.82 Å². The average molecular weight is 252 g/mol. The van der Waals surface area contributed by atoms with Crippen LogP contribution in [0.15, 0.2) is 0 Å². The Morgan fingerprint density at radius 2 is 2.17 bits per heavy atom. The Kier molecular flexibility index (Phi) is 3.86. The fourth-order valence-electron chi connectivity index (χ4n) is 2.43. The van der Waals surface area contributed by atoms with E-state index in [9.17, 15) is 9.90 Å². The van der Waals surface area contributed by atoms with Crippen LogP contribution in [0.3, 0.4) is 0 Å². The summed E-state index contributed by atoms with van der Waals surface area (Å²) in [5.41, 5.74) is 6.67. The minimum absolute atomic E-state index is 0.186. The molecule has 1 aromatic heterocycles. The Morgan fingerprint density at radius 3 is 2.83 bits per heavy atom. The highest BCUT2D eigenvalue weighted by Crippen LogP contribution is 2.19. The molecule has 1 fully saturated rings. The normalized spacial score (nSPS) is 24.6. The molecular formula is C12H20N4O2. The van der Waals surface area contributed by atoms with E-state index in [0.29, 0.717) is 11.3 Å². The standard InChI is InChI=1S/C12H20N4O2/c1-7-10(11(13)16-15-7)12(18)14-8-5-3-2-4-6-9(8)17/h8-9,17H,2-6H2,1H3,(H,14,18)(H3,13,15,16). The monoisotopic (exact) mass is 252 g/mol. The number of carbonyl (C=O) groups is 1. The van der Waals surface area contributed by atoms with Crippen LogP contribution in [0.2, 0.25) is 0 Å². The van der Waals surface area contributed by atoms with Gasteiger partial charge in [0.05, 0.1) is 12.1 Å². The van der Waals surface area contributed by atoms with Crippen molar-refractivity contribution in [3.05, 3.63) is 11.3 Å². The molecule has 0 spiro atoms. The lowest BCUT2D eigenvalue weighted by atomic mass is 10.1. The first-order valence-corrected chi connectivity index (χ1v) is 6.39. The smallest absolute Gasteiger partial charge is 0.257 e. The van der Waals surface area contributed by atoms with E-state index in [1.165, 1.54) is 0 Å². The Balaban J connectivity index is 2.06. The summed E-state index contributed by atoms with van der Waals surface area (Å²) < 4.78 is 0. The molecule has 2 rings (SSSR count). The number of hydrogen-bond donors (Lipinski definition) is 4. The number of nitrogens with zero attached hydrogens (tertiary/aromatic N) is 1. The molecule has 1 amide bonds. The van der Waals surface area contributed by atoms with Crippen molar-refractivity contribution in [3.8, 4) is 0 Å². The summed E-state index contributed by atoms with van der Waals surface area (Å²) in [6.07, 6.45) is 4.23. The molecule has 1 saturated carbocycles. The molecule has 18 heavy (non-hydrogen) atoms. The van der Waals surface area contributed by atoms with E-state index < -0.39 is 6.10 Å². The molecule has 2 atom stereocenters. The van der Waals surface area contributed by atoms with Crippen molar-refractivity contribution in [1.29, 1.82) is 0 Å². The molecular weight excluding hydrogens is 232 g/mol. The van der Waals surface area contributed by atoms with Crippen molar-refractivity contribution in [1.82, 2.24) is 15.5 Å². The van der Waals surface area contributed by atoms with E-state index in [2.05, 4.69) is 15.5 Å². The van der Waals surface area contributed by atoms with Gasteiger partial charge in [0, 0.05) is 5.69 Å². The van der Waals surface area contributed by atoms with Crippen LogP contribution >= 0.6 is 0 Å². The molecule has 1 aliphatic rings. The molecule has 6 heteroatoms. The van der Waals surface area contributed by atoms with Gasteiger partial charge in [0.1, 0.15) is 5.56 Å². The van der Waals surface area contributed by atoms with Gasteiger partial charge in [-0.05, 0) is 19.8 Å². The van der Waals surface area contributed by atoms with Crippen molar-refractivity contribution < 1.29 is 9.90 Å². The zero-order chi connectivity index (χ0) is 13.1. The topological polar surface area (TPSA) is 104 Å². The first kappa shape index (κ1) is 12.9. The van der Waals surface area contributed by atoms with E-state index in [0.717, 1.165) is 32.1 Å². The number of aliphatic hydroxyl groups excluding tert-OH is 1. The maximum absolute atomic E-state index is 12.1. The SMILES string of the molecule is Cc1[nH]nc(N)c1C(=O)NC1CCCCCC1O. The number of amides is 1. The van der Waals surface area contributed by atoms with E-state index in [1.807, 2.05) is 0 Å². The van der Waals surface area contributed by atoms with Crippen molar-refractivity contribution in [2.75, 3.05) is 5.73 Å². The number of aryl methyl sites for hydroxylation is 1. The molecule has 0 aliphatic heterocycles. The molecule has 0 aromatic carbocycles. The lowest BCUT2D eigenvalue weighted by Gasteiger charge is -2.21. The third-order valence-corrected chi connectivity index (χ3v) is 3.50. The number of aliphatic hydroxyl groups is 1. The second-order valence-corrected chi connectivity index (χ2v) is 4.89. The summed E-state index contributed by atoms with van der Waals surface area (Å²) in [6.45, 7) is 1.75. The number of nitrogens with two attached hydrogens (primary N) is 1. The van der Waals surface area contributed by atoms with Crippen molar-refractivity contribution >= 4 is 11.7 Å². The maximum atomic E-state index is 12.1. The summed E-state index contributed by atoms with van der Waals surface area (Å²) >= 11 is 0. The summed E-state index contributed by atoms with van der Waals surface area (Å²) in [5, 5.41) is 19.3. The highest BCUT2D eigenvalue weighted by Gasteiger charge is 2.25. The summed E-state index contributed by atoms with van der Waals surface area (Å²) in [5.74, 6) is -0.0576. The lowest BCUT2D eigenvalue weighted by molar-refractivity contribution is 0.0819. The molecule has 100 valence electrons. The summed E-state index contributed by atoms with van der Waals surface area (Å²) in [7, 11) is 0. The van der Waals surface area contributed by atoms with E-state index in [1.54, 1.807) is 6.92 Å². The van der Waals surface area contributed by atoms with Gasteiger partial charge in [0.15, 0.2) is 5.82 Å². The number of anilines is 1. The molecule has 1 heterocycles. The first-order valence-electron chi connectivity index (χ1n) is 6.39. The molecule has 5 N–H and O–H groups in total. The number of carbonyl (C=O) groups excluding carboxylic acids is 1. The van der Waals surface area contributed by atoms with Crippen molar-refractivity contribution in [2.24, 2.45) is 0 Å². The minimum atomic E-state index is -0.468. The molecule has 0 bridgehead atoms. The van der Waals surface area contributed by atoms with Crippen molar-refractivity contribution in [2.45, 2.75) is 51.2 Å². The zero-order valence-electron chi connectivity index (χ0n) is 10.6. The third-order valence-electron chi connectivity index (χ3n) is 3.50. The predicted octanol–water partition coefficient (Wildman–Crippen LogP) is 0.724. The van der Waals surface area contributed by atoms with Gasteiger partial charge < -0.3 is 16.2 Å². The van der Waals surface area contributed by atoms with Crippen LogP contribution < -0.4 is 11.1 Å². The van der Waals surface area contributed by atoms with Crippen molar-refractivity contribution in [3.63, 3.8) is 0 Å². The zero-order valence-corrected chi connectivity index (χ0v) is 10.6. The third kappa shape index (κ3) is 2.64. The highest BCUT2D eigenvalue weighted by atomic mass is 16.3. The van der Waals surface area contributed by atoms with Crippen LogP contribution in [0.25, 0.3) is 0 Å². The second-order valence-electron chi connectivity index (χ2n) is 4.89. The van der Waals surface area contributed by atoms with Gasteiger partial charge in [-0.2, -0.15) is 5.10 Å². The van der Waals surface area contributed by atoms with Crippen LogP contribution in [-0.4, -0.2) is 33.4 Å². The molecule has 1 aromatic rings. The van der Waals surface area contributed by atoms with Gasteiger partial charge >= 0.3 is 0 Å². The number of aromatic nitrogens is 2. The second kappa shape index (κ2) is 5.39. The maximum Gasteiger partial charge on any atom is 0.257 e. The Labute approximate surface area is 106 Å². The van der Waals surface area contributed by atoms with Crippen LogP contribution in [0, 0.1) is 6.92 Å². The van der Waals surface area contributed by atoms with Gasteiger partial charge in [-0.25, -0.2) is 0 Å². The van der Waals surface area contributed by atoms with E-state index in [4.69, 9.17) is 5.73 Å². The summed E-state index contributed by atoms with van der Waals surface area (Å²) in [6, 6.07) is -0.186. The van der Waals surface area contributed by atoms with Gasteiger partial charge in [-0.15, -0.1) is 0 Å². The lowest BCUT2D eigenvalue weighted by Crippen LogP contribution is -2.42.